The lowest BCUT2D eigenvalue weighted by molar-refractivity contribution is 0.485. The third-order valence-electron chi connectivity index (χ3n) is 5.91. The third-order valence-corrected chi connectivity index (χ3v) is 7.27. The Morgan fingerprint density at radius 3 is 2.68 bits per heavy atom. The van der Waals surface area contributed by atoms with Crippen LogP contribution in [0.1, 0.15) is 38.1 Å². The number of halogens is 1. The van der Waals surface area contributed by atoms with Gasteiger partial charge in [0, 0.05) is 23.9 Å². The van der Waals surface area contributed by atoms with Gasteiger partial charge in [-0.2, -0.15) is 0 Å². The van der Waals surface area contributed by atoms with Crippen LogP contribution in [0.2, 0.25) is 5.02 Å². The first kappa shape index (κ1) is 20.4. The average molecular weight is 454 g/mol. The van der Waals surface area contributed by atoms with Gasteiger partial charge in [0.15, 0.2) is 11.0 Å². The number of para-hydroxylation sites is 2. The summed E-state index contributed by atoms with van der Waals surface area (Å²) in [6.07, 6.45) is 5.63. The number of benzene rings is 2. The number of nitrogens with zero attached hydrogens (tertiary/aromatic N) is 4. The van der Waals surface area contributed by atoms with Crippen molar-refractivity contribution in [3.8, 4) is 11.4 Å². The third kappa shape index (κ3) is 4.04. The molecule has 6 nitrogen and oxygen atoms in total. The van der Waals surface area contributed by atoms with E-state index in [0.29, 0.717) is 17.6 Å². The van der Waals surface area contributed by atoms with Crippen LogP contribution in [0.3, 0.4) is 0 Å². The number of hydrogen-bond acceptors (Lipinski definition) is 4. The lowest BCUT2D eigenvalue weighted by atomic mass is 10.2. The van der Waals surface area contributed by atoms with Crippen LogP contribution in [0.15, 0.2) is 58.5 Å². The molecule has 31 heavy (non-hydrogen) atoms. The molecule has 0 aliphatic heterocycles. The zero-order valence-electron chi connectivity index (χ0n) is 17.1. The van der Waals surface area contributed by atoms with Gasteiger partial charge in [-0.25, -0.2) is 4.79 Å². The SMILES string of the molecule is O=c1[nH]c2ccccc2n1CCCSc1nnc(-c2ccccc2Cl)n1C1CCCC1. The van der Waals surface area contributed by atoms with Crippen molar-refractivity contribution in [2.45, 2.75) is 49.8 Å². The van der Waals surface area contributed by atoms with E-state index in [2.05, 4.69) is 19.7 Å². The zero-order valence-corrected chi connectivity index (χ0v) is 18.7. The molecule has 0 unspecified atom stereocenters. The minimum Gasteiger partial charge on any atom is -0.306 e. The van der Waals surface area contributed by atoms with Gasteiger partial charge in [-0.05, 0) is 43.5 Å². The largest absolute Gasteiger partial charge is 0.326 e. The van der Waals surface area contributed by atoms with Crippen molar-refractivity contribution in [1.82, 2.24) is 24.3 Å². The standard InChI is InChI=1S/C23H24ClN5OS/c24-18-11-4-3-10-17(18)21-26-27-23(29(21)16-8-1-2-9-16)31-15-7-14-28-20-13-6-5-12-19(20)25-22(28)30/h3-6,10-13,16H,1-2,7-9,14-15H2,(H,25,30). The van der Waals surface area contributed by atoms with E-state index in [9.17, 15) is 4.79 Å². The van der Waals surface area contributed by atoms with Crippen LogP contribution in [0.5, 0.6) is 0 Å². The Morgan fingerprint density at radius 1 is 1.06 bits per heavy atom. The number of hydrogen-bond donors (Lipinski definition) is 1. The Bertz CT molecular complexity index is 1250. The summed E-state index contributed by atoms with van der Waals surface area (Å²) in [5.74, 6) is 1.71. The van der Waals surface area contributed by atoms with Gasteiger partial charge < -0.3 is 4.98 Å². The molecule has 1 aliphatic carbocycles. The monoisotopic (exact) mass is 453 g/mol. The van der Waals surface area contributed by atoms with Gasteiger partial charge in [-0.15, -0.1) is 10.2 Å². The second kappa shape index (κ2) is 8.93. The van der Waals surface area contributed by atoms with Gasteiger partial charge >= 0.3 is 5.69 Å². The van der Waals surface area contributed by atoms with Gasteiger partial charge in [0.25, 0.3) is 0 Å². The number of imidazole rings is 1. The second-order valence-electron chi connectivity index (χ2n) is 7.90. The lowest BCUT2D eigenvalue weighted by Crippen LogP contribution is -2.17. The molecule has 0 atom stereocenters. The molecular weight excluding hydrogens is 430 g/mol. The molecule has 0 spiro atoms. The quantitative estimate of drug-likeness (QED) is 0.294. The predicted octanol–water partition coefficient (Wildman–Crippen LogP) is 5.54. The summed E-state index contributed by atoms with van der Waals surface area (Å²) in [7, 11) is 0. The van der Waals surface area contributed by atoms with E-state index in [1.54, 1.807) is 11.8 Å². The summed E-state index contributed by atoms with van der Waals surface area (Å²) in [5, 5.41) is 10.7. The molecule has 8 heteroatoms. The molecule has 4 aromatic rings. The molecule has 1 fully saturated rings. The Labute approximate surface area is 189 Å². The maximum Gasteiger partial charge on any atom is 0.326 e. The zero-order chi connectivity index (χ0) is 21.2. The number of nitrogens with one attached hydrogen (secondary N) is 1. The highest BCUT2D eigenvalue weighted by atomic mass is 35.5. The minimum absolute atomic E-state index is 0.0543. The summed E-state index contributed by atoms with van der Waals surface area (Å²) < 4.78 is 4.10. The van der Waals surface area contributed by atoms with Crippen LogP contribution in [0, 0.1) is 0 Å². The highest BCUT2D eigenvalue weighted by molar-refractivity contribution is 7.99. The summed E-state index contributed by atoms with van der Waals surface area (Å²) in [6, 6.07) is 16.1. The first-order valence-electron chi connectivity index (χ1n) is 10.7. The van der Waals surface area contributed by atoms with E-state index in [1.165, 1.54) is 12.8 Å². The van der Waals surface area contributed by atoms with Crippen molar-refractivity contribution >= 4 is 34.4 Å². The number of rotatable bonds is 7. The van der Waals surface area contributed by atoms with Gasteiger partial charge in [-0.3, -0.25) is 9.13 Å². The molecular formula is C23H24ClN5OS. The maximum absolute atomic E-state index is 12.3. The highest BCUT2D eigenvalue weighted by Gasteiger charge is 2.25. The van der Waals surface area contributed by atoms with Gasteiger partial charge in [0.05, 0.1) is 16.1 Å². The smallest absolute Gasteiger partial charge is 0.306 e. The van der Waals surface area contributed by atoms with E-state index in [-0.39, 0.29) is 5.69 Å². The molecule has 0 saturated heterocycles. The number of fused-ring (bicyclic) bond motifs is 1. The summed E-state index contributed by atoms with van der Waals surface area (Å²) >= 11 is 8.18. The number of thioether (sulfide) groups is 1. The van der Waals surface area contributed by atoms with Crippen LogP contribution in [-0.2, 0) is 6.54 Å². The van der Waals surface area contributed by atoms with Crippen LogP contribution >= 0.6 is 23.4 Å². The number of aromatic amines is 1. The molecule has 1 saturated carbocycles. The normalized spacial score (nSPS) is 14.6. The van der Waals surface area contributed by atoms with Gasteiger partial charge in [-0.1, -0.05) is 60.5 Å². The van der Waals surface area contributed by atoms with Crippen LogP contribution in [0.4, 0.5) is 0 Å². The number of aryl methyl sites for hydroxylation is 1. The average Bonchev–Trinajstić information content (AvgIpc) is 3.50. The van der Waals surface area contributed by atoms with Crippen LogP contribution < -0.4 is 5.69 Å². The van der Waals surface area contributed by atoms with Crippen molar-refractivity contribution in [2.75, 3.05) is 5.75 Å². The van der Waals surface area contributed by atoms with E-state index in [4.69, 9.17) is 11.6 Å². The number of H-pyrrole nitrogens is 1. The molecule has 0 radical (unpaired) electrons. The van der Waals surface area contributed by atoms with Gasteiger partial charge in [0.1, 0.15) is 0 Å². The molecule has 5 rings (SSSR count). The van der Waals surface area contributed by atoms with Crippen molar-refractivity contribution in [3.63, 3.8) is 0 Å². The first-order valence-corrected chi connectivity index (χ1v) is 12.1. The van der Waals surface area contributed by atoms with Crippen LogP contribution in [0.25, 0.3) is 22.4 Å². The Hall–Kier alpha value is -2.51. The van der Waals surface area contributed by atoms with Crippen molar-refractivity contribution < 1.29 is 0 Å². The fourth-order valence-corrected chi connectivity index (χ4v) is 5.56. The molecule has 160 valence electrons. The van der Waals surface area contributed by atoms with Crippen molar-refractivity contribution in [3.05, 3.63) is 64.0 Å². The fourth-order valence-electron chi connectivity index (χ4n) is 4.41. The van der Waals surface area contributed by atoms with Crippen molar-refractivity contribution in [1.29, 1.82) is 0 Å². The second-order valence-corrected chi connectivity index (χ2v) is 9.36. The Kier molecular flexibility index (Phi) is 5.87. The van der Waals surface area contributed by atoms with Gasteiger partial charge in [0.2, 0.25) is 0 Å². The topological polar surface area (TPSA) is 68.5 Å². The molecule has 0 amide bonds. The van der Waals surface area contributed by atoms with E-state index in [1.807, 2.05) is 53.1 Å². The Morgan fingerprint density at radius 2 is 1.84 bits per heavy atom. The fraction of sp³-hybridized carbons (Fsp3) is 0.348. The van der Waals surface area contributed by atoms with E-state index >= 15 is 0 Å². The Balaban J connectivity index is 1.34. The summed E-state index contributed by atoms with van der Waals surface area (Å²) in [6.45, 7) is 0.671. The molecule has 2 aromatic carbocycles. The van der Waals surface area contributed by atoms with E-state index in [0.717, 1.165) is 52.6 Å². The summed E-state index contributed by atoms with van der Waals surface area (Å²) in [4.78, 5) is 15.2. The summed E-state index contributed by atoms with van der Waals surface area (Å²) in [5.41, 5.74) is 2.71. The molecule has 2 heterocycles. The van der Waals surface area contributed by atoms with Crippen molar-refractivity contribution in [2.24, 2.45) is 0 Å². The molecule has 1 N–H and O–H groups in total. The predicted molar refractivity (Wildman–Crippen MR) is 126 cm³/mol. The molecule has 1 aliphatic rings. The number of aromatic nitrogens is 5. The minimum atomic E-state index is -0.0543. The first-order chi connectivity index (χ1) is 15.2. The highest BCUT2D eigenvalue weighted by Crippen LogP contribution is 2.38. The van der Waals surface area contributed by atoms with E-state index < -0.39 is 0 Å². The lowest BCUT2D eigenvalue weighted by Gasteiger charge is -2.17. The molecule has 0 bridgehead atoms. The van der Waals surface area contributed by atoms with Crippen LogP contribution in [-0.4, -0.2) is 30.1 Å². The maximum atomic E-state index is 12.3. The molecule has 2 aromatic heterocycles.